The first-order chi connectivity index (χ1) is 6.24. The molecule has 0 saturated heterocycles. The van der Waals surface area contributed by atoms with E-state index in [1.165, 1.54) is 7.11 Å². The van der Waals surface area contributed by atoms with E-state index < -0.39 is 0 Å². The predicted molar refractivity (Wildman–Crippen MR) is 48.2 cm³/mol. The van der Waals surface area contributed by atoms with Crippen molar-refractivity contribution in [3.05, 3.63) is 30.1 Å². The monoisotopic (exact) mass is 180 g/mol. The molecular weight excluding hydrogens is 168 g/mol. The summed E-state index contributed by atoms with van der Waals surface area (Å²) in [6.45, 7) is 1.75. The number of nitrogens with zero attached hydrogens (tertiary/aromatic N) is 1. The maximum absolute atomic E-state index is 11.4. The molecule has 1 aromatic heterocycles. The number of amides is 1. The van der Waals surface area contributed by atoms with Crippen molar-refractivity contribution in [1.29, 1.82) is 0 Å². The van der Waals surface area contributed by atoms with Crippen molar-refractivity contribution in [2.24, 2.45) is 0 Å². The standard InChI is InChI=1S/C9H12N2O2/c1-7(13-2)11-9(12)8-5-3-4-6-10-8/h3-7H,1-2H3,(H,11,12). The fraction of sp³-hybridized carbons (Fsp3) is 0.333. The van der Waals surface area contributed by atoms with Gasteiger partial charge in [0.05, 0.1) is 0 Å². The van der Waals surface area contributed by atoms with Crippen molar-refractivity contribution >= 4 is 5.91 Å². The third kappa shape index (κ3) is 2.83. The van der Waals surface area contributed by atoms with Crippen LogP contribution in [0.4, 0.5) is 0 Å². The van der Waals surface area contributed by atoms with Crippen molar-refractivity contribution in [1.82, 2.24) is 10.3 Å². The summed E-state index contributed by atoms with van der Waals surface area (Å²) in [5, 5.41) is 2.62. The van der Waals surface area contributed by atoms with Crippen LogP contribution in [0.25, 0.3) is 0 Å². The van der Waals surface area contributed by atoms with Gasteiger partial charge in [0.15, 0.2) is 0 Å². The van der Waals surface area contributed by atoms with Gasteiger partial charge in [-0.25, -0.2) is 0 Å². The second-order valence-electron chi connectivity index (χ2n) is 2.57. The Morgan fingerprint density at radius 2 is 2.38 bits per heavy atom. The highest BCUT2D eigenvalue weighted by molar-refractivity contribution is 5.92. The van der Waals surface area contributed by atoms with E-state index in [4.69, 9.17) is 4.74 Å². The second-order valence-corrected chi connectivity index (χ2v) is 2.57. The lowest BCUT2D eigenvalue weighted by Crippen LogP contribution is -2.34. The number of hydrogen-bond donors (Lipinski definition) is 1. The molecule has 0 saturated carbocycles. The van der Waals surface area contributed by atoms with Crippen LogP contribution in [0.5, 0.6) is 0 Å². The minimum atomic E-state index is -0.297. The number of carbonyl (C=O) groups excluding carboxylic acids is 1. The number of rotatable bonds is 3. The fourth-order valence-electron chi connectivity index (χ4n) is 0.815. The molecule has 1 unspecified atom stereocenters. The molecule has 0 bridgehead atoms. The topological polar surface area (TPSA) is 51.2 Å². The smallest absolute Gasteiger partial charge is 0.271 e. The summed E-state index contributed by atoms with van der Waals surface area (Å²) in [4.78, 5) is 15.3. The Hall–Kier alpha value is -1.42. The first-order valence-corrected chi connectivity index (χ1v) is 3.98. The zero-order valence-corrected chi connectivity index (χ0v) is 7.65. The maximum Gasteiger partial charge on any atom is 0.271 e. The van der Waals surface area contributed by atoms with Crippen LogP contribution in [0.2, 0.25) is 0 Å². The lowest BCUT2D eigenvalue weighted by atomic mass is 10.3. The Balaban J connectivity index is 2.59. The number of nitrogens with one attached hydrogen (secondary N) is 1. The van der Waals surface area contributed by atoms with Crippen molar-refractivity contribution in [2.75, 3.05) is 7.11 Å². The Kier molecular flexibility index (Phi) is 3.40. The zero-order valence-electron chi connectivity index (χ0n) is 7.65. The molecule has 1 amide bonds. The quantitative estimate of drug-likeness (QED) is 0.700. The van der Waals surface area contributed by atoms with Crippen molar-refractivity contribution in [3.8, 4) is 0 Å². The summed E-state index contributed by atoms with van der Waals surface area (Å²) >= 11 is 0. The van der Waals surface area contributed by atoms with Crippen LogP contribution in [0.3, 0.4) is 0 Å². The Bertz CT molecular complexity index is 274. The highest BCUT2D eigenvalue weighted by Gasteiger charge is 2.08. The summed E-state index contributed by atoms with van der Waals surface area (Å²) in [5.74, 6) is -0.227. The van der Waals surface area contributed by atoms with Crippen molar-refractivity contribution < 1.29 is 9.53 Å². The van der Waals surface area contributed by atoms with Gasteiger partial charge in [0.1, 0.15) is 11.9 Å². The number of methoxy groups -OCH3 is 1. The highest BCUT2D eigenvalue weighted by Crippen LogP contribution is 1.94. The molecule has 0 aromatic carbocycles. The van der Waals surface area contributed by atoms with Crippen LogP contribution in [0.1, 0.15) is 17.4 Å². The molecule has 4 nitrogen and oxygen atoms in total. The van der Waals surface area contributed by atoms with Gasteiger partial charge >= 0.3 is 0 Å². The summed E-state index contributed by atoms with van der Waals surface area (Å²) in [7, 11) is 1.53. The molecule has 1 rings (SSSR count). The molecule has 0 fully saturated rings. The Morgan fingerprint density at radius 3 is 2.92 bits per heavy atom. The minimum Gasteiger partial charge on any atom is -0.362 e. The molecule has 1 heterocycles. The molecule has 1 atom stereocenters. The molecule has 0 aliphatic rings. The van der Waals surface area contributed by atoms with E-state index in [0.717, 1.165) is 0 Å². The van der Waals surface area contributed by atoms with Crippen LogP contribution in [0, 0.1) is 0 Å². The Labute approximate surface area is 76.9 Å². The Morgan fingerprint density at radius 1 is 1.62 bits per heavy atom. The van der Waals surface area contributed by atoms with Gasteiger partial charge in [-0.3, -0.25) is 9.78 Å². The molecule has 70 valence electrons. The number of ether oxygens (including phenoxy) is 1. The summed E-state index contributed by atoms with van der Waals surface area (Å²) < 4.78 is 4.88. The van der Waals surface area contributed by atoms with Crippen LogP contribution >= 0.6 is 0 Å². The molecule has 0 spiro atoms. The molecular formula is C9H12N2O2. The maximum atomic E-state index is 11.4. The molecule has 0 aliphatic heterocycles. The van der Waals surface area contributed by atoms with Crippen LogP contribution < -0.4 is 5.32 Å². The first kappa shape index (κ1) is 9.67. The number of pyridine rings is 1. The zero-order chi connectivity index (χ0) is 9.68. The van der Waals surface area contributed by atoms with E-state index in [-0.39, 0.29) is 12.1 Å². The van der Waals surface area contributed by atoms with Gasteiger partial charge in [0, 0.05) is 13.3 Å². The second kappa shape index (κ2) is 4.57. The van der Waals surface area contributed by atoms with Gasteiger partial charge in [-0.2, -0.15) is 0 Å². The number of hydrogen-bond acceptors (Lipinski definition) is 3. The van der Waals surface area contributed by atoms with Crippen LogP contribution in [0.15, 0.2) is 24.4 Å². The SMILES string of the molecule is COC(C)NC(=O)c1ccccn1. The average Bonchev–Trinajstić information content (AvgIpc) is 2.19. The first-order valence-electron chi connectivity index (χ1n) is 3.98. The van der Waals surface area contributed by atoms with E-state index in [9.17, 15) is 4.79 Å². The lowest BCUT2D eigenvalue weighted by Gasteiger charge is -2.10. The third-order valence-corrected chi connectivity index (χ3v) is 1.59. The molecule has 4 heteroatoms. The van der Waals surface area contributed by atoms with E-state index in [1.807, 2.05) is 0 Å². The van der Waals surface area contributed by atoms with Gasteiger partial charge in [0.25, 0.3) is 5.91 Å². The fourth-order valence-corrected chi connectivity index (χ4v) is 0.815. The normalized spacial score (nSPS) is 12.2. The van der Waals surface area contributed by atoms with Gasteiger partial charge in [0.2, 0.25) is 0 Å². The minimum absolute atomic E-state index is 0.227. The van der Waals surface area contributed by atoms with E-state index in [2.05, 4.69) is 10.3 Å². The van der Waals surface area contributed by atoms with Crippen molar-refractivity contribution in [2.45, 2.75) is 13.2 Å². The largest absolute Gasteiger partial charge is 0.362 e. The van der Waals surface area contributed by atoms with Crippen LogP contribution in [-0.2, 0) is 4.74 Å². The third-order valence-electron chi connectivity index (χ3n) is 1.59. The van der Waals surface area contributed by atoms with Crippen LogP contribution in [-0.4, -0.2) is 24.2 Å². The highest BCUT2D eigenvalue weighted by atomic mass is 16.5. The van der Waals surface area contributed by atoms with Gasteiger partial charge < -0.3 is 10.1 Å². The lowest BCUT2D eigenvalue weighted by molar-refractivity contribution is 0.0654. The van der Waals surface area contributed by atoms with E-state index in [0.29, 0.717) is 5.69 Å². The summed E-state index contributed by atoms with van der Waals surface area (Å²) in [6, 6.07) is 5.17. The number of carbonyl (C=O) groups is 1. The summed E-state index contributed by atoms with van der Waals surface area (Å²) in [5.41, 5.74) is 0.395. The molecule has 1 N–H and O–H groups in total. The van der Waals surface area contributed by atoms with Crippen molar-refractivity contribution in [3.63, 3.8) is 0 Å². The van der Waals surface area contributed by atoms with Gasteiger partial charge in [-0.1, -0.05) is 6.07 Å². The summed E-state index contributed by atoms with van der Waals surface area (Å²) in [6.07, 6.45) is 1.28. The van der Waals surface area contributed by atoms with Gasteiger partial charge in [-0.05, 0) is 19.1 Å². The average molecular weight is 180 g/mol. The van der Waals surface area contributed by atoms with E-state index in [1.54, 1.807) is 31.3 Å². The molecule has 0 aliphatic carbocycles. The number of aromatic nitrogens is 1. The molecule has 0 radical (unpaired) electrons. The van der Waals surface area contributed by atoms with Gasteiger partial charge in [-0.15, -0.1) is 0 Å². The molecule has 1 aromatic rings. The predicted octanol–water partition coefficient (Wildman–Crippen LogP) is 0.804. The van der Waals surface area contributed by atoms with E-state index >= 15 is 0 Å². The molecule has 13 heavy (non-hydrogen) atoms.